The van der Waals surface area contributed by atoms with Crippen LogP contribution in [0.4, 0.5) is 0 Å². The maximum atomic E-state index is 12.5. The molecule has 3 atom stereocenters. The Morgan fingerprint density at radius 1 is 1.08 bits per heavy atom. The number of amides is 1. The van der Waals surface area contributed by atoms with Crippen LogP contribution >= 0.6 is 0 Å². The molecule has 2 heterocycles. The molecule has 5 nitrogen and oxygen atoms in total. The highest BCUT2D eigenvalue weighted by Crippen LogP contribution is 2.31. The molecule has 136 valence electrons. The van der Waals surface area contributed by atoms with Crippen molar-refractivity contribution in [3.8, 4) is 17.2 Å². The Morgan fingerprint density at radius 3 is 2.58 bits per heavy atom. The SMILES string of the molecule is COc1ccccc1Oc1ccc(C(=O)NC2CC3CCN(C3)C2)cc1. The van der Waals surface area contributed by atoms with Crippen molar-refractivity contribution in [2.45, 2.75) is 18.9 Å². The zero-order valence-electron chi connectivity index (χ0n) is 15.0. The highest BCUT2D eigenvalue weighted by atomic mass is 16.5. The van der Waals surface area contributed by atoms with Crippen molar-refractivity contribution in [1.29, 1.82) is 0 Å². The number of nitrogens with zero attached hydrogens (tertiary/aromatic N) is 1. The van der Waals surface area contributed by atoms with Gasteiger partial charge in [0.15, 0.2) is 11.5 Å². The average molecular weight is 352 g/mol. The fourth-order valence-corrected chi connectivity index (χ4v) is 3.94. The van der Waals surface area contributed by atoms with E-state index in [0.717, 1.165) is 18.9 Å². The van der Waals surface area contributed by atoms with E-state index < -0.39 is 0 Å². The smallest absolute Gasteiger partial charge is 0.251 e. The Labute approximate surface area is 153 Å². The molecule has 2 saturated heterocycles. The number of ether oxygens (including phenoxy) is 2. The number of carbonyl (C=O) groups is 1. The van der Waals surface area contributed by atoms with Crippen molar-refractivity contribution in [2.75, 3.05) is 26.7 Å². The number of hydrogen-bond donors (Lipinski definition) is 1. The highest BCUT2D eigenvalue weighted by Gasteiger charge is 2.32. The van der Waals surface area contributed by atoms with E-state index in [0.29, 0.717) is 22.8 Å². The fraction of sp³-hybridized carbons (Fsp3) is 0.381. The molecule has 0 saturated carbocycles. The minimum absolute atomic E-state index is 0.0126. The van der Waals surface area contributed by atoms with Gasteiger partial charge in [0.1, 0.15) is 5.75 Å². The molecule has 2 aliphatic heterocycles. The van der Waals surface area contributed by atoms with Gasteiger partial charge in [-0.15, -0.1) is 0 Å². The van der Waals surface area contributed by atoms with Crippen LogP contribution in [0.5, 0.6) is 17.2 Å². The lowest BCUT2D eigenvalue weighted by molar-refractivity contribution is 0.0909. The summed E-state index contributed by atoms with van der Waals surface area (Å²) in [5.74, 6) is 2.73. The van der Waals surface area contributed by atoms with Crippen molar-refractivity contribution >= 4 is 5.91 Å². The van der Waals surface area contributed by atoms with E-state index >= 15 is 0 Å². The van der Waals surface area contributed by atoms with Gasteiger partial charge >= 0.3 is 0 Å². The number of benzene rings is 2. The third-order valence-electron chi connectivity index (χ3n) is 5.22. The molecule has 0 radical (unpaired) electrons. The maximum Gasteiger partial charge on any atom is 0.251 e. The summed E-state index contributed by atoms with van der Waals surface area (Å²) in [6, 6.07) is 15.0. The highest BCUT2D eigenvalue weighted by molar-refractivity contribution is 5.94. The van der Waals surface area contributed by atoms with E-state index in [9.17, 15) is 4.79 Å². The minimum atomic E-state index is -0.0126. The lowest BCUT2D eigenvalue weighted by Gasteiger charge is -2.30. The van der Waals surface area contributed by atoms with Gasteiger partial charge in [-0.05, 0) is 61.7 Å². The molecule has 2 fully saturated rings. The summed E-state index contributed by atoms with van der Waals surface area (Å²) in [4.78, 5) is 15.0. The van der Waals surface area contributed by atoms with Crippen LogP contribution in [0.3, 0.4) is 0 Å². The number of hydrogen-bond acceptors (Lipinski definition) is 4. The second-order valence-corrected chi connectivity index (χ2v) is 7.10. The standard InChI is InChI=1S/C21H24N2O3/c1-25-19-4-2-3-5-20(19)26-18-8-6-16(7-9-18)21(24)22-17-12-15-10-11-23(13-15)14-17/h2-9,15,17H,10-14H2,1H3,(H,22,24). The van der Waals surface area contributed by atoms with Crippen LogP contribution in [-0.2, 0) is 0 Å². The minimum Gasteiger partial charge on any atom is -0.493 e. The molecule has 2 aromatic carbocycles. The third kappa shape index (κ3) is 3.68. The monoisotopic (exact) mass is 352 g/mol. The molecule has 1 N–H and O–H groups in total. The van der Waals surface area contributed by atoms with Gasteiger partial charge in [0.25, 0.3) is 5.91 Å². The van der Waals surface area contributed by atoms with Crippen molar-refractivity contribution in [3.05, 3.63) is 54.1 Å². The summed E-state index contributed by atoms with van der Waals surface area (Å²) in [6.45, 7) is 3.34. The Balaban J connectivity index is 1.38. The van der Waals surface area contributed by atoms with Gasteiger partial charge in [-0.3, -0.25) is 4.79 Å². The molecule has 0 aromatic heterocycles. The van der Waals surface area contributed by atoms with Gasteiger partial charge in [-0.25, -0.2) is 0 Å². The molecule has 2 aliphatic rings. The van der Waals surface area contributed by atoms with E-state index in [1.54, 1.807) is 19.2 Å². The van der Waals surface area contributed by atoms with E-state index in [-0.39, 0.29) is 11.9 Å². The molecule has 2 bridgehead atoms. The van der Waals surface area contributed by atoms with E-state index in [4.69, 9.17) is 9.47 Å². The number of methoxy groups -OCH3 is 1. The maximum absolute atomic E-state index is 12.5. The topological polar surface area (TPSA) is 50.8 Å². The molecule has 4 rings (SSSR count). The average Bonchev–Trinajstić information content (AvgIpc) is 3.01. The van der Waals surface area contributed by atoms with E-state index in [1.165, 1.54) is 19.5 Å². The number of nitrogens with one attached hydrogen (secondary N) is 1. The predicted octanol–water partition coefficient (Wildman–Crippen LogP) is 3.31. The summed E-state index contributed by atoms with van der Waals surface area (Å²) in [5.41, 5.74) is 0.658. The number of rotatable bonds is 5. The van der Waals surface area contributed by atoms with Crippen molar-refractivity contribution in [1.82, 2.24) is 10.2 Å². The van der Waals surface area contributed by atoms with Crippen LogP contribution in [0.15, 0.2) is 48.5 Å². The number of para-hydroxylation sites is 2. The Bertz CT molecular complexity index is 763. The second kappa shape index (κ2) is 7.38. The van der Waals surface area contributed by atoms with Crippen LogP contribution in [0, 0.1) is 5.92 Å². The quantitative estimate of drug-likeness (QED) is 0.897. The van der Waals surface area contributed by atoms with Gasteiger partial charge in [-0.2, -0.15) is 0 Å². The molecule has 0 spiro atoms. The fourth-order valence-electron chi connectivity index (χ4n) is 3.94. The van der Waals surface area contributed by atoms with Crippen LogP contribution in [0.25, 0.3) is 0 Å². The zero-order valence-corrected chi connectivity index (χ0v) is 15.0. The van der Waals surface area contributed by atoms with Crippen molar-refractivity contribution < 1.29 is 14.3 Å². The summed E-state index contributed by atoms with van der Waals surface area (Å²) in [6.07, 6.45) is 2.36. The third-order valence-corrected chi connectivity index (χ3v) is 5.22. The van der Waals surface area contributed by atoms with Crippen LogP contribution in [-0.4, -0.2) is 43.6 Å². The lowest BCUT2D eigenvalue weighted by Crippen LogP contribution is -2.46. The molecule has 2 aromatic rings. The first-order valence-corrected chi connectivity index (χ1v) is 9.15. The lowest BCUT2D eigenvalue weighted by atomic mass is 9.96. The second-order valence-electron chi connectivity index (χ2n) is 7.10. The molecular formula is C21H24N2O3. The molecule has 3 unspecified atom stereocenters. The Hall–Kier alpha value is -2.53. The Morgan fingerprint density at radius 2 is 1.85 bits per heavy atom. The van der Waals surface area contributed by atoms with Gasteiger partial charge in [0.2, 0.25) is 0 Å². The van der Waals surface area contributed by atoms with Crippen molar-refractivity contribution in [3.63, 3.8) is 0 Å². The van der Waals surface area contributed by atoms with Crippen LogP contribution in [0.1, 0.15) is 23.2 Å². The molecular weight excluding hydrogens is 328 g/mol. The first-order valence-electron chi connectivity index (χ1n) is 9.15. The van der Waals surface area contributed by atoms with E-state index in [1.807, 2.05) is 36.4 Å². The summed E-state index contributed by atoms with van der Waals surface area (Å²) in [5, 5.41) is 3.18. The molecule has 0 aliphatic carbocycles. The predicted molar refractivity (Wildman–Crippen MR) is 99.9 cm³/mol. The summed E-state index contributed by atoms with van der Waals surface area (Å²) in [7, 11) is 1.61. The summed E-state index contributed by atoms with van der Waals surface area (Å²) >= 11 is 0. The van der Waals surface area contributed by atoms with Gasteiger partial charge in [0.05, 0.1) is 7.11 Å². The number of carbonyl (C=O) groups excluding carboxylic acids is 1. The van der Waals surface area contributed by atoms with Crippen molar-refractivity contribution in [2.24, 2.45) is 5.92 Å². The van der Waals surface area contributed by atoms with Gasteiger partial charge in [-0.1, -0.05) is 12.1 Å². The number of piperidine rings is 1. The normalized spacial score (nSPS) is 24.1. The Kier molecular flexibility index (Phi) is 4.80. The van der Waals surface area contributed by atoms with Crippen LogP contribution < -0.4 is 14.8 Å². The van der Waals surface area contributed by atoms with Gasteiger partial charge in [0, 0.05) is 24.7 Å². The summed E-state index contributed by atoms with van der Waals surface area (Å²) < 4.78 is 11.2. The largest absolute Gasteiger partial charge is 0.493 e. The van der Waals surface area contributed by atoms with Crippen LogP contribution in [0.2, 0.25) is 0 Å². The van der Waals surface area contributed by atoms with E-state index in [2.05, 4.69) is 10.2 Å². The number of fused-ring (bicyclic) bond motifs is 2. The zero-order chi connectivity index (χ0) is 17.9. The first-order chi connectivity index (χ1) is 12.7. The molecule has 1 amide bonds. The molecule has 5 heteroatoms. The van der Waals surface area contributed by atoms with Gasteiger partial charge < -0.3 is 19.7 Å². The molecule has 26 heavy (non-hydrogen) atoms. The first kappa shape index (κ1) is 16.9.